The topological polar surface area (TPSA) is 126 Å². The molecule has 11 heteroatoms. The first kappa shape index (κ1) is 23.5. The predicted molar refractivity (Wildman–Crippen MR) is 126 cm³/mol. The highest BCUT2D eigenvalue weighted by molar-refractivity contribution is 6.36. The molecule has 3 aromatic rings. The summed E-state index contributed by atoms with van der Waals surface area (Å²) in [6, 6.07) is 7.56. The highest BCUT2D eigenvalue weighted by Gasteiger charge is 2.28. The second-order valence-electron chi connectivity index (χ2n) is 7.48. The molecule has 0 unspecified atom stereocenters. The lowest BCUT2D eigenvalue weighted by molar-refractivity contribution is 0.0829. The molecule has 0 saturated heterocycles. The standard InChI is InChI=1S/C23H19Cl2N5O4/c1-12-19-17(27-28-21(31)13-7-9-26-10-8-13)3-2-4-18(19)34-20(12)23(33)30-29-22(32)15-6-5-14(24)11-16(15)25/h5-11H,2-4H2,1H3,(H,28,31)(H,29,32)(H,30,33)/b27-17+. The number of carbonyl (C=O) groups is 3. The zero-order valence-corrected chi connectivity index (χ0v) is 19.5. The Balaban J connectivity index is 1.48. The van der Waals surface area contributed by atoms with Crippen LogP contribution in [0.15, 0.2) is 52.2 Å². The number of aryl methyl sites for hydroxylation is 1. The number of nitrogens with one attached hydrogen (secondary N) is 3. The number of aromatic nitrogens is 1. The Kier molecular flexibility index (Phi) is 6.95. The van der Waals surface area contributed by atoms with Gasteiger partial charge in [0.15, 0.2) is 5.76 Å². The van der Waals surface area contributed by atoms with E-state index in [1.165, 1.54) is 30.6 Å². The first-order chi connectivity index (χ1) is 16.3. The lowest BCUT2D eigenvalue weighted by atomic mass is 9.93. The summed E-state index contributed by atoms with van der Waals surface area (Å²) in [7, 11) is 0. The molecule has 4 rings (SSSR count). The number of hydrogen-bond donors (Lipinski definition) is 3. The lowest BCUT2D eigenvalue weighted by Crippen LogP contribution is -2.41. The molecular weight excluding hydrogens is 481 g/mol. The fraction of sp³-hybridized carbons (Fsp3) is 0.174. The van der Waals surface area contributed by atoms with Crippen molar-refractivity contribution in [3.63, 3.8) is 0 Å². The van der Waals surface area contributed by atoms with E-state index in [9.17, 15) is 14.4 Å². The molecule has 1 aliphatic rings. The van der Waals surface area contributed by atoms with Crippen molar-refractivity contribution in [1.82, 2.24) is 21.3 Å². The van der Waals surface area contributed by atoms with Crippen molar-refractivity contribution in [2.75, 3.05) is 0 Å². The number of halogens is 2. The molecule has 0 bridgehead atoms. The summed E-state index contributed by atoms with van der Waals surface area (Å²) in [4.78, 5) is 41.3. The van der Waals surface area contributed by atoms with Gasteiger partial charge in [0.1, 0.15) is 5.76 Å². The first-order valence-electron chi connectivity index (χ1n) is 10.3. The number of nitrogens with zero attached hydrogens (tertiary/aromatic N) is 2. The molecule has 0 spiro atoms. The third kappa shape index (κ3) is 4.95. The molecule has 1 aliphatic carbocycles. The largest absolute Gasteiger partial charge is 0.455 e. The number of hydrazone groups is 1. The smallest absolute Gasteiger partial charge is 0.305 e. The van der Waals surface area contributed by atoms with Crippen LogP contribution in [0.3, 0.4) is 0 Å². The number of hydrazine groups is 1. The second-order valence-corrected chi connectivity index (χ2v) is 8.32. The Morgan fingerprint density at radius 3 is 2.47 bits per heavy atom. The molecule has 0 saturated carbocycles. The molecule has 2 aromatic heterocycles. The van der Waals surface area contributed by atoms with Crippen molar-refractivity contribution in [3.05, 3.63) is 86.5 Å². The number of amides is 3. The Bertz CT molecular complexity index is 1300. The monoisotopic (exact) mass is 499 g/mol. The number of rotatable bonds is 4. The van der Waals surface area contributed by atoms with Gasteiger partial charge in [0, 0.05) is 40.5 Å². The van der Waals surface area contributed by atoms with Crippen molar-refractivity contribution >= 4 is 46.6 Å². The fourth-order valence-electron chi connectivity index (χ4n) is 3.59. The quantitative estimate of drug-likeness (QED) is 0.470. The summed E-state index contributed by atoms with van der Waals surface area (Å²) >= 11 is 11.9. The van der Waals surface area contributed by atoms with Gasteiger partial charge >= 0.3 is 5.91 Å². The second kappa shape index (κ2) is 10.1. The van der Waals surface area contributed by atoms with Crippen LogP contribution >= 0.6 is 23.2 Å². The lowest BCUT2D eigenvalue weighted by Gasteiger charge is -2.13. The van der Waals surface area contributed by atoms with Crippen LogP contribution in [-0.4, -0.2) is 28.4 Å². The number of fused-ring (bicyclic) bond motifs is 1. The highest BCUT2D eigenvalue weighted by atomic mass is 35.5. The first-order valence-corrected chi connectivity index (χ1v) is 11.1. The molecule has 0 radical (unpaired) electrons. The highest BCUT2D eigenvalue weighted by Crippen LogP contribution is 2.30. The van der Waals surface area contributed by atoms with E-state index in [2.05, 4.69) is 26.4 Å². The third-order valence-electron chi connectivity index (χ3n) is 5.23. The van der Waals surface area contributed by atoms with Crippen molar-refractivity contribution in [3.8, 4) is 0 Å². The van der Waals surface area contributed by atoms with Gasteiger partial charge in [-0.1, -0.05) is 23.2 Å². The minimum absolute atomic E-state index is 0.0440. The van der Waals surface area contributed by atoms with Crippen molar-refractivity contribution in [1.29, 1.82) is 0 Å². The van der Waals surface area contributed by atoms with Gasteiger partial charge in [0.25, 0.3) is 11.8 Å². The van der Waals surface area contributed by atoms with E-state index >= 15 is 0 Å². The molecule has 3 N–H and O–H groups in total. The molecule has 174 valence electrons. The molecule has 0 aliphatic heterocycles. The Hall–Kier alpha value is -3.69. The van der Waals surface area contributed by atoms with Gasteiger partial charge in [-0.2, -0.15) is 5.10 Å². The molecule has 0 atom stereocenters. The van der Waals surface area contributed by atoms with Gasteiger partial charge in [-0.05, 0) is 50.1 Å². The van der Waals surface area contributed by atoms with E-state index in [0.29, 0.717) is 46.0 Å². The number of benzene rings is 1. The number of furan rings is 1. The normalized spacial score (nSPS) is 13.8. The van der Waals surface area contributed by atoms with Crippen LogP contribution in [0.5, 0.6) is 0 Å². The van der Waals surface area contributed by atoms with Gasteiger partial charge in [-0.15, -0.1) is 0 Å². The molecule has 3 amide bonds. The third-order valence-corrected chi connectivity index (χ3v) is 5.78. The maximum atomic E-state index is 12.7. The van der Waals surface area contributed by atoms with E-state index in [-0.39, 0.29) is 22.3 Å². The zero-order valence-electron chi connectivity index (χ0n) is 17.9. The minimum atomic E-state index is -0.634. The average Bonchev–Trinajstić information content (AvgIpc) is 3.18. The van der Waals surface area contributed by atoms with Gasteiger partial charge < -0.3 is 4.42 Å². The number of hydrogen-bond acceptors (Lipinski definition) is 6. The van der Waals surface area contributed by atoms with Crippen molar-refractivity contribution < 1.29 is 18.8 Å². The average molecular weight is 500 g/mol. The van der Waals surface area contributed by atoms with E-state index in [1.54, 1.807) is 19.1 Å². The maximum absolute atomic E-state index is 12.7. The van der Waals surface area contributed by atoms with E-state index in [0.717, 1.165) is 6.42 Å². The van der Waals surface area contributed by atoms with Gasteiger partial charge in [-0.3, -0.25) is 30.2 Å². The zero-order chi connectivity index (χ0) is 24.2. The summed E-state index contributed by atoms with van der Waals surface area (Å²) in [6.45, 7) is 1.72. The van der Waals surface area contributed by atoms with Gasteiger partial charge in [0.2, 0.25) is 0 Å². The van der Waals surface area contributed by atoms with E-state index < -0.39 is 11.8 Å². The van der Waals surface area contributed by atoms with Crippen molar-refractivity contribution in [2.45, 2.75) is 26.2 Å². The van der Waals surface area contributed by atoms with Crippen LogP contribution in [0.25, 0.3) is 0 Å². The molecule has 0 fully saturated rings. The Morgan fingerprint density at radius 1 is 1.00 bits per heavy atom. The molecule has 9 nitrogen and oxygen atoms in total. The minimum Gasteiger partial charge on any atom is -0.455 e. The molecule has 1 aromatic carbocycles. The SMILES string of the molecule is Cc1c(C(=O)NNC(=O)c2ccc(Cl)cc2Cl)oc2c1/C(=N/NC(=O)c1ccncc1)CCC2. The Labute approximate surface area is 204 Å². The van der Waals surface area contributed by atoms with Gasteiger partial charge in [0.05, 0.1) is 16.3 Å². The van der Waals surface area contributed by atoms with Crippen LogP contribution in [0.2, 0.25) is 10.0 Å². The predicted octanol–water partition coefficient (Wildman–Crippen LogP) is 3.84. The fourth-order valence-corrected chi connectivity index (χ4v) is 4.09. The maximum Gasteiger partial charge on any atom is 0.305 e. The summed E-state index contributed by atoms with van der Waals surface area (Å²) in [6.07, 6.45) is 5.01. The van der Waals surface area contributed by atoms with Crippen molar-refractivity contribution in [2.24, 2.45) is 5.10 Å². The van der Waals surface area contributed by atoms with Crippen LogP contribution < -0.4 is 16.3 Å². The molecule has 2 heterocycles. The van der Waals surface area contributed by atoms with E-state index in [4.69, 9.17) is 27.6 Å². The number of pyridine rings is 1. The van der Waals surface area contributed by atoms with Crippen LogP contribution in [0.4, 0.5) is 0 Å². The van der Waals surface area contributed by atoms with E-state index in [1.807, 2.05) is 0 Å². The van der Waals surface area contributed by atoms with Crippen LogP contribution in [0, 0.1) is 6.92 Å². The molecular formula is C23H19Cl2N5O4. The van der Waals surface area contributed by atoms with Crippen LogP contribution in [0.1, 0.15) is 61.0 Å². The number of carbonyl (C=O) groups excluding carboxylic acids is 3. The Morgan fingerprint density at radius 2 is 1.74 bits per heavy atom. The summed E-state index contributed by atoms with van der Waals surface area (Å²) in [5.41, 5.74) is 9.63. The van der Waals surface area contributed by atoms with Gasteiger partial charge in [-0.25, -0.2) is 5.43 Å². The summed E-state index contributed by atoms with van der Waals surface area (Å²) in [5, 5.41) is 4.81. The summed E-state index contributed by atoms with van der Waals surface area (Å²) in [5.74, 6) is -0.972. The summed E-state index contributed by atoms with van der Waals surface area (Å²) < 4.78 is 5.79. The molecule has 34 heavy (non-hydrogen) atoms. The van der Waals surface area contributed by atoms with Crippen LogP contribution in [-0.2, 0) is 6.42 Å².